The Hall–Kier alpha value is -2.22. The van der Waals surface area contributed by atoms with Gasteiger partial charge in [0.05, 0.1) is 36.1 Å². The van der Waals surface area contributed by atoms with Gasteiger partial charge in [0.2, 0.25) is 0 Å². The summed E-state index contributed by atoms with van der Waals surface area (Å²) in [5.41, 5.74) is 8.71. The van der Waals surface area contributed by atoms with Gasteiger partial charge in [0.1, 0.15) is 6.79 Å². The molecule has 0 aromatic heterocycles. The lowest BCUT2D eigenvalue weighted by Gasteiger charge is -2.45. The van der Waals surface area contributed by atoms with Crippen molar-refractivity contribution in [3.8, 4) is 0 Å². The van der Waals surface area contributed by atoms with Crippen molar-refractivity contribution < 1.29 is 34.3 Å². The van der Waals surface area contributed by atoms with Crippen LogP contribution >= 0.6 is 23.4 Å². The van der Waals surface area contributed by atoms with E-state index >= 15 is 0 Å². The smallest absolute Gasteiger partial charge is 0.158 e. The van der Waals surface area contributed by atoms with Gasteiger partial charge in [-0.05, 0) is 171 Å². The van der Waals surface area contributed by atoms with E-state index in [1.165, 1.54) is 36.4 Å². The fourth-order valence-electron chi connectivity index (χ4n) is 9.38. The molecular weight excluding hydrogens is 1060 g/mol. The first kappa shape index (κ1) is 93.5. The van der Waals surface area contributed by atoms with E-state index in [1.54, 1.807) is 6.08 Å². The van der Waals surface area contributed by atoms with Gasteiger partial charge in [-0.3, -0.25) is 0 Å². The third kappa shape index (κ3) is 48.0. The zero-order valence-corrected chi connectivity index (χ0v) is 60.1. The van der Waals surface area contributed by atoms with Crippen molar-refractivity contribution in [2.75, 3.05) is 27.5 Å². The van der Waals surface area contributed by atoms with E-state index in [1.807, 2.05) is 114 Å². The summed E-state index contributed by atoms with van der Waals surface area (Å²) >= 11 is 7.72. The molecule has 488 valence electrons. The number of halogens is 1. The van der Waals surface area contributed by atoms with E-state index in [0.717, 1.165) is 79.7 Å². The van der Waals surface area contributed by atoms with E-state index < -0.39 is 5.60 Å². The van der Waals surface area contributed by atoms with Crippen LogP contribution in [0.15, 0.2) is 85.5 Å². The molecule has 9 nitrogen and oxygen atoms in total. The zero-order valence-electron chi connectivity index (χ0n) is 58.5. The lowest BCUT2D eigenvalue weighted by atomic mass is 9.70. The summed E-state index contributed by atoms with van der Waals surface area (Å²) < 4.78 is 23.8. The van der Waals surface area contributed by atoms with Gasteiger partial charge in [-0.2, -0.15) is 0 Å². The monoisotopic (exact) mass is 1200 g/mol. The molecule has 11 heteroatoms. The Balaban J connectivity index is -0.000000209. The predicted molar refractivity (Wildman–Crippen MR) is 371 cm³/mol. The van der Waals surface area contributed by atoms with Crippen LogP contribution in [0.3, 0.4) is 0 Å². The van der Waals surface area contributed by atoms with Crippen molar-refractivity contribution in [2.24, 2.45) is 47.2 Å². The summed E-state index contributed by atoms with van der Waals surface area (Å²) in [6.07, 6.45) is 16.0. The molecule has 1 aromatic carbocycles. The Morgan fingerprint density at radius 3 is 1.80 bits per heavy atom. The molecule has 82 heavy (non-hydrogen) atoms. The van der Waals surface area contributed by atoms with Gasteiger partial charge in [0, 0.05) is 27.6 Å². The minimum atomic E-state index is -0.965. The second kappa shape index (κ2) is 60.5. The van der Waals surface area contributed by atoms with Gasteiger partial charge in [-0.15, -0.1) is 19.7 Å². The molecule has 6 N–H and O–H groups in total. The van der Waals surface area contributed by atoms with E-state index in [-0.39, 0.29) is 43.4 Å². The van der Waals surface area contributed by atoms with E-state index in [4.69, 9.17) is 41.8 Å². The van der Waals surface area contributed by atoms with Crippen molar-refractivity contribution in [1.29, 1.82) is 0 Å². The normalized spacial score (nSPS) is 18.1. The first-order chi connectivity index (χ1) is 38.6. The standard InChI is InChI=1S/C32H65NO4.C19H22ClNS.C6H14O.C3H8.C3H6.C2H6O2.3C2H6/c1-13-24(7)29(18-28-17-22(5)16-26(9)35-28)27(10)31(32(11,34)19-23(6)20-33-12)37-30(14-2)36-25(8)15-21(3)4;1-6-8-13(3)19(22-15(5)14(4)21)18-12-17(20)11-10-16(18)9-7-2;1-4-6(7)5(2)3;2*1-3-2;1-4-2-3;3*1-2/h21-31,33-34H,13-20H2,1-12H3;6-7,10-12H,1-2,4-5,8-9,21H2,3H3;5-7H,4H2,1-3H3;3H2,1-2H3;3H,1H2,2H3;3H,2H2,1H3;3*1-2H3/b;19-13+;;;;;;;/t22?,23-,24?,25?,26?,27+,28-,29-,30?,31-,32-;;;;;;;;/m1......../s1. The minimum absolute atomic E-state index is 0.0972. The van der Waals surface area contributed by atoms with Crippen LogP contribution in [0.1, 0.15) is 242 Å². The third-order valence-corrected chi connectivity index (χ3v) is 14.6. The third-order valence-electron chi connectivity index (χ3n) is 13.1. The molecule has 12 atom stereocenters. The van der Waals surface area contributed by atoms with Crippen LogP contribution < -0.4 is 11.1 Å². The predicted octanol–water partition coefficient (Wildman–Crippen LogP) is 20.2. The van der Waals surface area contributed by atoms with E-state index in [2.05, 4.69) is 133 Å². The Bertz CT molecular complexity index is 1670. The van der Waals surface area contributed by atoms with Gasteiger partial charge in [0.15, 0.2) is 6.29 Å². The number of hydrogen-bond acceptors (Lipinski definition) is 10. The van der Waals surface area contributed by atoms with Crippen molar-refractivity contribution >= 4 is 28.3 Å². The van der Waals surface area contributed by atoms with Gasteiger partial charge >= 0.3 is 0 Å². The molecule has 0 amide bonds. The summed E-state index contributed by atoms with van der Waals surface area (Å²) in [4.78, 5) is 1.83. The van der Waals surface area contributed by atoms with E-state index in [9.17, 15) is 5.11 Å². The maximum absolute atomic E-state index is 12.0. The van der Waals surface area contributed by atoms with Crippen molar-refractivity contribution in [3.05, 3.63) is 102 Å². The Morgan fingerprint density at radius 1 is 0.902 bits per heavy atom. The molecule has 0 radical (unpaired) electrons. The maximum Gasteiger partial charge on any atom is 0.158 e. The molecule has 1 heterocycles. The van der Waals surface area contributed by atoms with Crippen LogP contribution in [0.2, 0.25) is 5.02 Å². The van der Waals surface area contributed by atoms with Gasteiger partial charge in [-0.25, -0.2) is 0 Å². The van der Waals surface area contributed by atoms with Crippen molar-refractivity contribution in [2.45, 2.75) is 279 Å². The lowest BCUT2D eigenvalue weighted by Crippen LogP contribution is -2.52. The molecule has 0 spiro atoms. The first-order valence-electron chi connectivity index (χ1n) is 31.8. The summed E-state index contributed by atoms with van der Waals surface area (Å²) in [7, 11) is 3.41. The van der Waals surface area contributed by atoms with Crippen LogP contribution in [0, 0.1) is 41.4 Å². The summed E-state index contributed by atoms with van der Waals surface area (Å²) in [5.74, 6) is 3.11. The number of thioether (sulfide) groups is 1. The number of nitrogens with one attached hydrogen (secondary N) is 1. The van der Waals surface area contributed by atoms with Gasteiger partial charge < -0.3 is 45.3 Å². The number of aliphatic hydroxyl groups excluding tert-OH is 2. The lowest BCUT2D eigenvalue weighted by molar-refractivity contribution is -0.248. The highest BCUT2D eigenvalue weighted by molar-refractivity contribution is 8.12. The highest BCUT2D eigenvalue weighted by atomic mass is 35.5. The Kier molecular flexibility index (Phi) is 68.9. The van der Waals surface area contributed by atoms with Crippen LogP contribution in [0.25, 0.3) is 4.91 Å². The number of benzene rings is 1. The highest BCUT2D eigenvalue weighted by Gasteiger charge is 2.44. The topological polar surface area (TPSA) is 136 Å². The molecule has 1 fully saturated rings. The number of aliphatic hydroxyl groups is 3. The van der Waals surface area contributed by atoms with Crippen LogP contribution in [-0.2, 0) is 25.4 Å². The van der Waals surface area contributed by atoms with Crippen LogP contribution in [0.4, 0.5) is 0 Å². The minimum Gasteiger partial charge on any atom is -0.398 e. The molecule has 0 aliphatic carbocycles. The van der Waals surface area contributed by atoms with Gasteiger partial charge in [-0.1, -0.05) is 211 Å². The molecule has 0 saturated carbocycles. The van der Waals surface area contributed by atoms with Crippen LogP contribution in [-0.4, -0.2) is 85.2 Å². The molecule has 1 aliphatic heterocycles. The second-order valence-corrected chi connectivity index (χ2v) is 23.7. The molecule has 1 saturated heterocycles. The summed E-state index contributed by atoms with van der Waals surface area (Å²) in [6.45, 7) is 70.1. The van der Waals surface area contributed by atoms with E-state index in [0.29, 0.717) is 58.8 Å². The summed E-state index contributed by atoms with van der Waals surface area (Å²) in [6, 6.07) is 5.90. The molecular formula is C71H139ClN2O7S. The number of allylic oxidation sites excluding steroid dienone is 4. The second-order valence-electron chi connectivity index (χ2n) is 22.2. The average Bonchev–Trinajstić information content (AvgIpc) is 3.42. The number of nitrogens with two attached hydrogens (primary N) is 1. The zero-order chi connectivity index (χ0) is 65.7. The highest BCUT2D eigenvalue weighted by Crippen LogP contribution is 2.42. The number of methoxy groups -OCH3 is 1. The first-order valence-corrected chi connectivity index (χ1v) is 33.0. The number of ether oxygens (including phenoxy) is 4. The molecule has 0 bridgehead atoms. The number of hydrogen-bond donors (Lipinski definition) is 5. The molecule has 1 aliphatic rings. The largest absolute Gasteiger partial charge is 0.398 e. The average molecular weight is 1200 g/mol. The van der Waals surface area contributed by atoms with Crippen molar-refractivity contribution in [1.82, 2.24) is 5.32 Å². The SMILES string of the molecule is C=CC.C=CC/C(C)=C(/SC(=C)C(=C)N)c1cc(Cl)ccc1CC=C.CC.CC.CC.CCC.CCC(O)C(C)C.CCC(OC(C)CC(C)C)O[C@H]([C@@H](C)[C@H](C[C@H]1CC(C)CC(C)O1)C(C)CC)[C@](C)(O)C[C@@H](C)CNC.COCO. The van der Waals surface area contributed by atoms with Crippen LogP contribution in [0.5, 0.6) is 0 Å². The Labute approximate surface area is 520 Å². The molecule has 2 rings (SSSR count). The fraction of sp³-hybridized carbons (Fsp3) is 0.746. The van der Waals surface area contributed by atoms with Crippen molar-refractivity contribution in [3.63, 3.8) is 0 Å². The quantitative estimate of drug-likeness (QED) is 0.0300. The maximum atomic E-state index is 12.0. The van der Waals surface area contributed by atoms with Gasteiger partial charge in [0.25, 0.3) is 0 Å². The summed E-state index contributed by atoms with van der Waals surface area (Å²) in [5, 5.41) is 32.6. The Morgan fingerprint density at radius 2 is 1.43 bits per heavy atom. The molecule has 6 unspecified atom stereocenters. The number of rotatable bonds is 29. The fourth-order valence-corrected chi connectivity index (χ4v) is 10.5. The molecule has 1 aromatic rings.